The Morgan fingerprint density at radius 1 is 1.10 bits per heavy atom. The van der Waals surface area contributed by atoms with Crippen LogP contribution in [0.1, 0.15) is 89.7 Å². The van der Waals surface area contributed by atoms with Gasteiger partial charge in [-0.05, 0) is 70.4 Å². The van der Waals surface area contributed by atoms with Crippen molar-refractivity contribution >= 4 is 39.8 Å². The highest BCUT2D eigenvalue weighted by atomic mass is 32.2. The van der Waals surface area contributed by atoms with E-state index in [1.807, 2.05) is 0 Å². The monoisotopic (exact) mass is 734 g/mol. The van der Waals surface area contributed by atoms with Crippen LogP contribution in [0.25, 0.3) is 0 Å². The summed E-state index contributed by atoms with van der Waals surface area (Å²) in [4.78, 5) is 70.9. The van der Waals surface area contributed by atoms with Crippen molar-refractivity contribution in [3.05, 3.63) is 35.1 Å². The molecule has 14 nitrogen and oxygen atoms in total. The third-order valence-corrected chi connectivity index (χ3v) is 12.0. The van der Waals surface area contributed by atoms with Crippen LogP contribution in [0.15, 0.2) is 18.2 Å². The summed E-state index contributed by atoms with van der Waals surface area (Å²) >= 11 is 0. The summed E-state index contributed by atoms with van der Waals surface area (Å²) in [6, 6.07) is 3.38. The summed E-state index contributed by atoms with van der Waals surface area (Å²) < 4.78 is 59.2. The maximum absolute atomic E-state index is 14.4. The molecule has 0 aromatic heterocycles. The molecule has 280 valence electrons. The van der Waals surface area contributed by atoms with E-state index in [4.69, 9.17) is 14.2 Å². The summed E-state index contributed by atoms with van der Waals surface area (Å²) in [6.45, 7) is 5.26. The lowest BCUT2D eigenvalue weighted by atomic mass is 10.0. The van der Waals surface area contributed by atoms with Crippen molar-refractivity contribution < 1.29 is 51.0 Å². The molecule has 3 aliphatic heterocycles. The minimum atomic E-state index is -3.90. The van der Waals surface area contributed by atoms with Crippen LogP contribution in [0.3, 0.4) is 0 Å². The van der Waals surface area contributed by atoms with Crippen molar-refractivity contribution in [2.45, 2.75) is 120 Å². The molecule has 5 aliphatic rings. The van der Waals surface area contributed by atoms with Crippen LogP contribution in [-0.4, -0.2) is 96.3 Å². The zero-order valence-electron chi connectivity index (χ0n) is 29.3. The smallest absolute Gasteiger partial charge is 0.410 e. The molecule has 4 fully saturated rings. The molecule has 2 saturated heterocycles. The van der Waals surface area contributed by atoms with Gasteiger partial charge in [-0.1, -0.05) is 25.0 Å². The fraction of sp³-hybridized carbons (Fsp3) is 0.686. The molecule has 1 aromatic carbocycles. The summed E-state index contributed by atoms with van der Waals surface area (Å²) in [7, 11) is -3.90. The second kappa shape index (κ2) is 14.3. The van der Waals surface area contributed by atoms with Gasteiger partial charge in [0.05, 0.1) is 37.3 Å². The Morgan fingerprint density at radius 3 is 2.57 bits per heavy atom. The Balaban J connectivity index is 1.24. The molecule has 3 heterocycles. The molecule has 16 heteroatoms. The van der Waals surface area contributed by atoms with Crippen LogP contribution in [0, 0.1) is 17.7 Å². The van der Waals surface area contributed by atoms with E-state index < -0.39 is 80.1 Å². The second-order valence-corrected chi connectivity index (χ2v) is 17.4. The highest BCUT2D eigenvalue weighted by Gasteiger charge is 2.62. The molecular formula is C35H47FN4O10S. The normalized spacial score (nSPS) is 28.7. The lowest BCUT2D eigenvalue weighted by molar-refractivity contribution is -0.160. The number of ether oxygens (including phenoxy) is 3. The first-order valence-electron chi connectivity index (χ1n) is 17.8. The van der Waals surface area contributed by atoms with Crippen molar-refractivity contribution in [2.24, 2.45) is 11.8 Å². The first-order valence-corrected chi connectivity index (χ1v) is 19.3. The maximum atomic E-state index is 14.4. The third-order valence-electron chi connectivity index (χ3n) is 10.2. The van der Waals surface area contributed by atoms with Gasteiger partial charge < -0.3 is 24.4 Å². The zero-order valence-corrected chi connectivity index (χ0v) is 30.1. The number of esters is 1. The predicted molar refractivity (Wildman–Crippen MR) is 178 cm³/mol. The summed E-state index contributed by atoms with van der Waals surface area (Å²) in [5, 5.41) is 2.17. The van der Waals surface area contributed by atoms with Crippen LogP contribution in [-0.2, 0) is 56.5 Å². The minimum absolute atomic E-state index is 0.00178. The Labute approximate surface area is 297 Å². The average molecular weight is 735 g/mol. The highest BCUT2D eigenvalue weighted by molar-refractivity contribution is 7.91. The van der Waals surface area contributed by atoms with Crippen LogP contribution in [0.5, 0.6) is 0 Å². The molecule has 51 heavy (non-hydrogen) atoms. The van der Waals surface area contributed by atoms with Gasteiger partial charge in [-0.25, -0.2) is 17.6 Å². The third kappa shape index (κ3) is 8.48. The first-order chi connectivity index (χ1) is 24.1. The van der Waals surface area contributed by atoms with Gasteiger partial charge in [0.1, 0.15) is 29.1 Å². The molecule has 5 atom stereocenters. The summed E-state index contributed by atoms with van der Waals surface area (Å²) in [5.41, 5.74) is -1.26. The molecule has 2 aliphatic carbocycles. The molecule has 4 amide bonds. The molecule has 6 rings (SSSR count). The number of amides is 4. The van der Waals surface area contributed by atoms with Gasteiger partial charge >= 0.3 is 12.1 Å². The van der Waals surface area contributed by atoms with Gasteiger partial charge in [-0.15, -0.1) is 0 Å². The SMILES string of the molecule is CC(C)(C)OC(=O)C[C@H]1COCCCCC[C@@H]2C[C@@]2(C(=O)NS(=O)(=O)C2CC2)NC(=O)[C@@H]2C[C@@H](OC(=O)N3Cc4cccc(F)c4C3)CN2C1=O. The number of nitrogens with zero attached hydrogens (tertiary/aromatic N) is 2. The van der Waals surface area contributed by atoms with E-state index in [-0.39, 0.29) is 51.4 Å². The quantitative estimate of drug-likeness (QED) is 0.413. The van der Waals surface area contributed by atoms with Gasteiger partial charge in [0.25, 0.3) is 5.91 Å². The van der Waals surface area contributed by atoms with Crippen molar-refractivity contribution in [1.82, 2.24) is 19.8 Å². The Hall–Kier alpha value is -3.79. The van der Waals surface area contributed by atoms with Crippen molar-refractivity contribution in [1.29, 1.82) is 0 Å². The number of rotatable bonds is 6. The van der Waals surface area contributed by atoms with E-state index in [9.17, 15) is 36.8 Å². The number of carbonyl (C=O) groups is 5. The van der Waals surface area contributed by atoms with Gasteiger partial charge in [0.15, 0.2) is 0 Å². The molecule has 0 bridgehead atoms. The number of halogens is 1. The molecule has 2 saturated carbocycles. The van der Waals surface area contributed by atoms with Crippen molar-refractivity contribution in [2.75, 3.05) is 19.8 Å². The van der Waals surface area contributed by atoms with Gasteiger partial charge in [0, 0.05) is 25.1 Å². The standard InChI is InChI=1S/C35H47FN4O10S/c1-34(2,3)50-29(41)14-22-20-48-13-6-4-5-9-23-16-35(23,32(44)38-51(46,47)25-11-12-25)37-30(42)28-15-24(18-40(28)31(22)43)49-33(45)39-17-21-8-7-10-27(36)26(21)19-39/h7-8,10,22-25,28H,4-6,9,11-20H2,1-3H3,(H,37,42)(H,38,44)/t22-,23+,24+,28-,35+/m0/s1. The highest BCUT2D eigenvalue weighted by Crippen LogP contribution is 2.48. The largest absolute Gasteiger partial charge is 0.460 e. The van der Waals surface area contributed by atoms with E-state index >= 15 is 0 Å². The van der Waals surface area contributed by atoms with Crippen LogP contribution >= 0.6 is 0 Å². The van der Waals surface area contributed by atoms with Crippen LogP contribution in [0.2, 0.25) is 0 Å². The number of benzene rings is 1. The summed E-state index contributed by atoms with van der Waals surface area (Å²) in [5.74, 6) is -4.50. The van der Waals surface area contributed by atoms with Crippen LogP contribution in [0.4, 0.5) is 9.18 Å². The number of carbonyl (C=O) groups excluding carboxylic acids is 5. The van der Waals surface area contributed by atoms with E-state index in [0.717, 1.165) is 6.42 Å². The average Bonchev–Trinajstić information content (AvgIpc) is 3.93. The molecule has 2 N–H and O–H groups in total. The Bertz CT molecular complexity index is 1680. The van der Waals surface area contributed by atoms with Gasteiger partial charge in [-0.2, -0.15) is 0 Å². The Kier molecular flexibility index (Phi) is 10.4. The Morgan fingerprint density at radius 2 is 1.86 bits per heavy atom. The topological polar surface area (TPSA) is 178 Å². The lowest BCUT2D eigenvalue weighted by Gasteiger charge is -2.29. The predicted octanol–water partition coefficient (Wildman–Crippen LogP) is 2.67. The van der Waals surface area contributed by atoms with Crippen LogP contribution < -0.4 is 10.0 Å². The number of nitrogens with one attached hydrogen (secondary N) is 2. The van der Waals surface area contributed by atoms with Gasteiger partial charge in [0.2, 0.25) is 21.8 Å². The number of fused-ring (bicyclic) bond motifs is 3. The number of hydrogen-bond donors (Lipinski definition) is 2. The molecule has 0 spiro atoms. The summed E-state index contributed by atoms with van der Waals surface area (Å²) in [6.07, 6.45) is 1.64. The van der Waals surface area contributed by atoms with Crippen molar-refractivity contribution in [3.8, 4) is 0 Å². The first kappa shape index (κ1) is 37.0. The maximum Gasteiger partial charge on any atom is 0.410 e. The van der Waals surface area contributed by atoms with E-state index in [1.165, 1.54) is 15.9 Å². The fourth-order valence-electron chi connectivity index (χ4n) is 7.29. The lowest BCUT2D eigenvalue weighted by Crippen LogP contribution is -2.57. The molecule has 1 aromatic rings. The number of sulfonamides is 1. The van der Waals surface area contributed by atoms with Crippen molar-refractivity contribution in [3.63, 3.8) is 0 Å². The van der Waals surface area contributed by atoms with E-state index in [0.29, 0.717) is 49.8 Å². The second-order valence-electron chi connectivity index (χ2n) is 15.4. The fourth-order valence-corrected chi connectivity index (χ4v) is 8.65. The zero-order chi connectivity index (χ0) is 36.7. The molecule has 0 radical (unpaired) electrons. The van der Waals surface area contributed by atoms with Gasteiger partial charge in [-0.3, -0.25) is 28.8 Å². The van der Waals surface area contributed by atoms with E-state index in [1.54, 1.807) is 32.9 Å². The molecular weight excluding hydrogens is 687 g/mol. The molecule has 0 unspecified atom stereocenters. The minimum Gasteiger partial charge on any atom is -0.460 e. The number of hydrogen-bond acceptors (Lipinski definition) is 10. The van der Waals surface area contributed by atoms with E-state index in [2.05, 4.69) is 10.0 Å².